The smallest absolute Gasteiger partial charge is 0.383 e. The fourth-order valence-corrected chi connectivity index (χ4v) is 2.38. The zero-order chi connectivity index (χ0) is 14.5. The number of carbonyl (C=O) groups excluding carboxylic acids is 1. The van der Waals surface area contributed by atoms with E-state index in [0.29, 0.717) is 4.90 Å². The minimum Gasteiger partial charge on any atom is -0.383 e. The first-order valence-corrected chi connectivity index (χ1v) is 6.09. The summed E-state index contributed by atoms with van der Waals surface area (Å²) in [5, 5.41) is -0.710. The van der Waals surface area contributed by atoms with Crippen LogP contribution in [-0.2, 0) is 15.7 Å². The second-order valence-electron chi connectivity index (χ2n) is 3.60. The Hall–Kier alpha value is -1.25. The molecule has 4 nitrogen and oxygen atoms in total. The van der Waals surface area contributed by atoms with Crippen LogP contribution in [0.4, 0.5) is 13.2 Å². The van der Waals surface area contributed by atoms with Crippen molar-refractivity contribution in [3.05, 3.63) is 29.8 Å². The summed E-state index contributed by atoms with van der Waals surface area (Å²) in [7, 11) is 1.39. The van der Waals surface area contributed by atoms with Crippen LogP contribution in [0.2, 0.25) is 0 Å². The van der Waals surface area contributed by atoms with Gasteiger partial charge in [0.15, 0.2) is 0 Å². The van der Waals surface area contributed by atoms with Crippen molar-refractivity contribution >= 4 is 17.7 Å². The molecule has 8 heteroatoms. The van der Waals surface area contributed by atoms with E-state index >= 15 is 0 Å². The molecular weight excluding hydrogens is 281 g/mol. The predicted octanol–water partition coefficient (Wildman–Crippen LogP) is 1.80. The number of amides is 1. The van der Waals surface area contributed by atoms with Crippen molar-refractivity contribution in [2.24, 2.45) is 5.84 Å². The molecule has 0 heterocycles. The number of nitrogens with one attached hydrogen (secondary N) is 1. The number of nitrogens with two attached hydrogens (primary N) is 1. The molecule has 19 heavy (non-hydrogen) atoms. The molecular formula is C11H13F3N2O2S. The second kappa shape index (κ2) is 6.78. The fraction of sp³-hybridized carbons (Fsp3) is 0.364. The number of ether oxygens (including phenoxy) is 1. The Morgan fingerprint density at radius 3 is 2.74 bits per heavy atom. The first-order chi connectivity index (χ1) is 8.88. The standard InChI is InChI=1S/C11H13F3N2O2S/c1-18-6-9(10(17)16-15)19-8-4-2-3-7(5-8)11(12,13)14/h2-5,9H,6,15H2,1H3,(H,16,17). The molecule has 1 amide bonds. The van der Waals surface area contributed by atoms with E-state index in [1.807, 2.05) is 5.43 Å². The third-order valence-electron chi connectivity index (χ3n) is 2.19. The molecule has 3 N–H and O–H groups in total. The Kier molecular flexibility index (Phi) is 5.64. The third-order valence-corrected chi connectivity index (χ3v) is 3.35. The van der Waals surface area contributed by atoms with Crippen molar-refractivity contribution in [2.75, 3.05) is 13.7 Å². The Morgan fingerprint density at radius 2 is 2.21 bits per heavy atom. The molecule has 1 atom stereocenters. The van der Waals surface area contributed by atoms with E-state index in [0.717, 1.165) is 23.9 Å². The van der Waals surface area contributed by atoms with Gasteiger partial charge < -0.3 is 4.74 Å². The molecule has 0 bridgehead atoms. The molecule has 1 aromatic carbocycles. The Balaban J connectivity index is 2.88. The number of carbonyl (C=O) groups is 1. The van der Waals surface area contributed by atoms with Gasteiger partial charge in [-0.2, -0.15) is 13.2 Å². The number of benzene rings is 1. The summed E-state index contributed by atoms with van der Waals surface area (Å²) in [5.41, 5.74) is 1.19. The Morgan fingerprint density at radius 1 is 1.53 bits per heavy atom. The minimum absolute atomic E-state index is 0.0456. The van der Waals surface area contributed by atoms with Gasteiger partial charge in [-0.1, -0.05) is 6.07 Å². The number of thioether (sulfide) groups is 1. The molecule has 0 aromatic heterocycles. The SMILES string of the molecule is COCC(Sc1cccc(C(F)(F)F)c1)C(=O)NN. The number of methoxy groups -OCH3 is 1. The molecule has 0 saturated carbocycles. The molecule has 0 aliphatic rings. The van der Waals surface area contributed by atoms with E-state index in [2.05, 4.69) is 0 Å². The van der Waals surface area contributed by atoms with Gasteiger partial charge in [0.1, 0.15) is 5.25 Å². The van der Waals surface area contributed by atoms with Crippen LogP contribution in [0.3, 0.4) is 0 Å². The zero-order valence-corrected chi connectivity index (χ0v) is 10.8. The van der Waals surface area contributed by atoms with E-state index in [4.69, 9.17) is 10.6 Å². The normalized spacial score (nSPS) is 13.1. The Labute approximate surface area is 112 Å². The van der Waals surface area contributed by atoms with Crippen LogP contribution in [0, 0.1) is 0 Å². The van der Waals surface area contributed by atoms with E-state index in [1.165, 1.54) is 19.2 Å². The lowest BCUT2D eigenvalue weighted by Crippen LogP contribution is -2.39. The van der Waals surface area contributed by atoms with Crippen LogP contribution in [0.25, 0.3) is 0 Å². The molecule has 106 valence electrons. The van der Waals surface area contributed by atoms with Crippen molar-refractivity contribution in [1.29, 1.82) is 0 Å². The number of halogens is 3. The largest absolute Gasteiger partial charge is 0.416 e. The molecule has 1 unspecified atom stereocenters. The zero-order valence-electron chi connectivity index (χ0n) is 10.0. The highest BCUT2D eigenvalue weighted by Gasteiger charge is 2.30. The number of hydrogen-bond acceptors (Lipinski definition) is 4. The summed E-state index contributed by atoms with van der Waals surface area (Å²) in [6.45, 7) is 0.0456. The highest BCUT2D eigenvalue weighted by atomic mass is 32.2. The van der Waals surface area contributed by atoms with Gasteiger partial charge >= 0.3 is 6.18 Å². The molecule has 0 radical (unpaired) electrons. The van der Waals surface area contributed by atoms with Crippen molar-refractivity contribution in [3.8, 4) is 0 Å². The summed E-state index contributed by atoms with van der Waals surface area (Å²) >= 11 is 0.959. The van der Waals surface area contributed by atoms with Crippen molar-refractivity contribution < 1.29 is 22.7 Å². The van der Waals surface area contributed by atoms with Gasteiger partial charge in [-0.3, -0.25) is 10.2 Å². The maximum Gasteiger partial charge on any atom is 0.416 e. The molecule has 0 aliphatic heterocycles. The average Bonchev–Trinajstić information content (AvgIpc) is 2.36. The van der Waals surface area contributed by atoms with Gasteiger partial charge in [-0.05, 0) is 18.2 Å². The van der Waals surface area contributed by atoms with Crippen molar-refractivity contribution in [1.82, 2.24) is 5.43 Å². The molecule has 0 aliphatic carbocycles. The lowest BCUT2D eigenvalue weighted by Gasteiger charge is -2.15. The van der Waals surface area contributed by atoms with Crippen LogP contribution < -0.4 is 11.3 Å². The average molecular weight is 294 g/mol. The Bertz CT molecular complexity index is 440. The van der Waals surface area contributed by atoms with Crippen LogP contribution in [0.5, 0.6) is 0 Å². The van der Waals surface area contributed by atoms with Crippen molar-refractivity contribution in [2.45, 2.75) is 16.3 Å². The number of alkyl halides is 3. The van der Waals surface area contributed by atoms with Gasteiger partial charge in [0.05, 0.1) is 12.2 Å². The van der Waals surface area contributed by atoms with E-state index < -0.39 is 22.9 Å². The first kappa shape index (κ1) is 15.8. The van der Waals surface area contributed by atoms with E-state index in [9.17, 15) is 18.0 Å². The highest BCUT2D eigenvalue weighted by molar-refractivity contribution is 8.00. The van der Waals surface area contributed by atoms with Crippen LogP contribution in [-0.4, -0.2) is 24.9 Å². The molecule has 0 spiro atoms. The number of rotatable bonds is 5. The number of hydrazine groups is 1. The van der Waals surface area contributed by atoms with E-state index in [-0.39, 0.29) is 6.61 Å². The second-order valence-corrected chi connectivity index (χ2v) is 4.87. The summed E-state index contributed by atoms with van der Waals surface area (Å²) in [6, 6.07) is 4.73. The molecule has 0 saturated heterocycles. The lowest BCUT2D eigenvalue weighted by molar-refractivity contribution is -0.137. The maximum atomic E-state index is 12.5. The van der Waals surface area contributed by atoms with Gasteiger partial charge in [-0.15, -0.1) is 11.8 Å². The molecule has 1 rings (SSSR count). The summed E-state index contributed by atoms with van der Waals surface area (Å²) < 4.78 is 42.5. The van der Waals surface area contributed by atoms with Gasteiger partial charge in [0, 0.05) is 12.0 Å². The number of hydrogen-bond donors (Lipinski definition) is 2. The monoisotopic (exact) mass is 294 g/mol. The van der Waals surface area contributed by atoms with Crippen LogP contribution in [0.15, 0.2) is 29.2 Å². The quantitative estimate of drug-likeness (QED) is 0.376. The first-order valence-electron chi connectivity index (χ1n) is 5.21. The molecule has 1 aromatic rings. The summed E-state index contributed by atoms with van der Waals surface area (Å²) in [4.78, 5) is 11.7. The van der Waals surface area contributed by atoms with Crippen LogP contribution >= 0.6 is 11.8 Å². The minimum atomic E-state index is -4.41. The highest BCUT2D eigenvalue weighted by Crippen LogP contribution is 2.33. The maximum absolute atomic E-state index is 12.5. The predicted molar refractivity (Wildman–Crippen MR) is 65.3 cm³/mol. The fourth-order valence-electron chi connectivity index (χ4n) is 1.32. The lowest BCUT2D eigenvalue weighted by atomic mass is 10.2. The van der Waals surface area contributed by atoms with Gasteiger partial charge in [-0.25, -0.2) is 5.84 Å². The van der Waals surface area contributed by atoms with Gasteiger partial charge in [0.2, 0.25) is 5.91 Å². The van der Waals surface area contributed by atoms with E-state index in [1.54, 1.807) is 0 Å². The molecule has 0 fully saturated rings. The third kappa shape index (κ3) is 4.73. The van der Waals surface area contributed by atoms with Crippen LogP contribution in [0.1, 0.15) is 5.56 Å². The van der Waals surface area contributed by atoms with Gasteiger partial charge in [0.25, 0.3) is 0 Å². The topological polar surface area (TPSA) is 64.3 Å². The summed E-state index contributed by atoms with van der Waals surface area (Å²) in [5.74, 6) is 4.50. The summed E-state index contributed by atoms with van der Waals surface area (Å²) in [6.07, 6.45) is -4.41. The van der Waals surface area contributed by atoms with Crippen molar-refractivity contribution in [3.63, 3.8) is 0 Å².